The van der Waals surface area contributed by atoms with E-state index in [4.69, 9.17) is 11.6 Å². The summed E-state index contributed by atoms with van der Waals surface area (Å²) in [5.41, 5.74) is 1.28. The number of hydrogen-bond acceptors (Lipinski definition) is 0. The van der Waals surface area contributed by atoms with Crippen LogP contribution in [0, 0.1) is 17.8 Å². The van der Waals surface area contributed by atoms with Gasteiger partial charge in [-0.3, -0.25) is 0 Å². The number of allylic oxidation sites excluding steroid dienone is 1. The van der Waals surface area contributed by atoms with Crippen LogP contribution in [0.15, 0.2) is 12.2 Å². The number of alkyl halides is 1. The van der Waals surface area contributed by atoms with E-state index in [-0.39, 0.29) is 5.38 Å². The van der Waals surface area contributed by atoms with Crippen LogP contribution in [0.1, 0.15) is 32.6 Å². The lowest BCUT2D eigenvalue weighted by atomic mass is 9.77. The zero-order valence-electron chi connectivity index (χ0n) is 7.72. The fraction of sp³-hybridized carbons (Fsp3) is 0.818. The van der Waals surface area contributed by atoms with E-state index in [0.717, 1.165) is 24.2 Å². The quantitative estimate of drug-likeness (QED) is 0.432. The van der Waals surface area contributed by atoms with Crippen LogP contribution >= 0.6 is 11.6 Å². The van der Waals surface area contributed by atoms with Crippen molar-refractivity contribution in [2.75, 3.05) is 0 Å². The molecular weight excluding hydrogens is 168 g/mol. The molecule has 2 aliphatic rings. The third-order valence-electron chi connectivity index (χ3n) is 3.28. The molecule has 12 heavy (non-hydrogen) atoms. The smallest absolute Gasteiger partial charge is 0.0573 e. The van der Waals surface area contributed by atoms with E-state index in [1.807, 2.05) is 0 Å². The molecule has 0 nitrogen and oxygen atoms in total. The van der Waals surface area contributed by atoms with Gasteiger partial charge < -0.3 is 0 Å². The minimum atomic E-state index is 0.286. The van der Waals surface area contributed by atoms with E-state index >= 15 is 0 Å². The summed E-state index contributed by atoms with van der Waals surface area (Å²) in [6.45, 7) is 6.40. The van der Waals surface area contributed by atoms with Crippen molar-refractivity contribution in [2.24, 2.45) is 17.8 Å². The van der Waals surface area contributed by atoms with Gasteiger partial charge in [0.1, 0.15) is 0 Å². The van der Waals surface area contributed by atoms with Crippen LogP contribution < -0.4 is 0 Å². The topological polar surface area (TPSA) is 0 Å². The summed E-state index contributed by atoms with van der Waals surface area (Å²) in [4.78, 5) is 0. The van der Waals surface area contributed by atoms with Gasteiger partial charge in [0.15, 0.2) is 0 Å². The maximum Gasteiger partial charge on any atom is 0.0573 e. The summed E-state index contributed by atoms with van der Waals surface area (Å²) in [6.07, 6.45) is 5.30. The van der Waals surface area contributed by atoms with Gasteiger partial charge in [-0.25, -0.2) is 0 Å². The van der Waals surface area contributed by atoms with Gasteiger partial charge in [-0.15, -0.1) is 11.6 Å². The third-order valence-corrected chi connectivity index (χ3v) is 3.91. The molecular formula is C11H17Cl. The minimum absolute atomic E-state index is 0.286. The summed E-state index contributed by atoms with van der Waals surface area (Å²) in [5, 5.41) is 0.286. The summed E-state index contributed by atoms with van der Waals surface area (Å²) in [5.74, 6) is 2.51. The Morgan fingerprint density at radius 1 is 1.42 bits per heavy atom. The molecule has 0 spiro atoms. The highest BCUT2D eigenvalue weighted by Gasteiger charge is 2.40. The molecule has 0 amide bonds. The molecule has 0 aromatic heterocycles. The first-order valence-corrected chi connectivity index (χ1v) is 5.44. The summed E-state index contributed by atoms with van der Waals surface area (Å²) in [6, 6.07) is 0. The highest BCUT2D eigenvalue weighted by molar-refractivity contribution is 6.22. The van der Waals surface area contributed by atoms with E-state index in [1.54, 1.807) is 0 Å². The predicted octanol–water partition coefficient (Wildman–Crippen LogP) is 3.61. The summed E-state index contributed by atoms with van der Waals surface area (Å²) < 4.78 is 0. The normalized spacial score (nSPS) is 43.2. The van der Waals surface area contributed by atoms with Crippen LogP contribution in [-0.4, -0.2) is 5.38 Å². The molecule has 2 rings (SSSR count). The average molecular weight is 185 g/mol. The molecule has 1 heteroatoms. The lowest BCUT2D eigenvalue weighted by Crippen LogP contribution is -2.27. The van der Waals surface area contributed by atoms with Gasteiger partial charge in [0.05, 0.1) is 5.38 Å². The number of hydrogen-bond donors (Lipinski definition) is 0. The Bertz CT molecular complexity index is 193. The van der Waals surface area contributed by atoms with Crippen molar-refractivity contribution < 1.29 is 0 Å². The molecule has 2 aliphatic carbocycles. The summed E-state index contributed by atoms with van der Waals surface area (Å²) >= 11 is 6.33. The van der Waals surface area contributed by atoms with Gasteiger partial charge in [0.25, 0.3) is 0 Å². The average Bonchev–Trinajstić information content (AvgIpc) is 2.79. The molecule has 68 valence electrons. The van der Waals surface area contributed by atoms with Crippen LogP contribution in [0.5, 0.6) is 0 Å². The second kappa shape index (κ2) is 3.06. The van der Waals surface area contributed by atoms with E-state index in [9.17, 15) is 0 Å². The van der Waals surface area contributed by atoms with Crippen molar-refractivity contribution in [3.05, 3.63) is 12.2 Å². The Labute approximate surface area is 80.0 Å². The van der Waals surface area contributed by atoms with E-state index in [0.29, 0.717) is 0 Å². The molecule has 0 aromatic carbocycles. The van der Waals surface area contributed by atoms with Crippen molar-refractivity contribution >= 4 is 11.6 Å². The molecule has 0 aromatic rings. The van der Waals surface area contributed by atoms with Crippen LogP contribution in [0.2, 0.25) is 0 Å². The molecule has 3 unspecified atom stereocenters. The van der Waals surface area contributed by atoms with Crippen LogP contribution in [0.25, 0.3) is 0 Å². The lowest BCUT2D eigenvalue weighted by Gasteiger charge is -2.33. The van der Waals surface area contributed by atoms with Gasteiger partial charge in [-0.05, 0) is 43.4 Å². The fourth-order valence-corrected chi connectivity index (χ4v) is 2.88. The van der Waals surface area contributed by atoms with Crippen molar-refractivity contribution in [2.45, 2.75) is 38.0 Å². The molecule has 2 saturated carbocycles. The Morgan fingerprint density at radius 2 is 2.08 bits per heavy atom. The molecule has 0 heterocycles. The van der Waals surface area contributed by atoms with Gasteiger partial charge in [0, 0.05) is 0 Å². The maximum atomic E-state index is 6.33. The molecule has 0 N–H and O–H groups in total. The van der Waals surface area contributed by atoms with Gasteiger partial charge in [-0.1, -0.05) is 19.1 Å². The van der Waals surface area contributed by atoms with Gasteiger partial charge in [-0.2, -0.15) is 0 Å². The molecule has 2 fully saturated rings. The Kier molecular flexibility index (Phi) is 2.20. The first kappa shape index (κ1) is 8.62. The zero-order chi connectivity index (χ0) is 8.72. The third kappa shape index (κ3) is 1.54. The molecule has 0 saturated heterocycles. The van der Waals surface area contributed by atoms with Crippen LogP contribution in [-0.2, 0) is 0 Å². The number of rotatable bonds is 1. The van der Waals surface area contributed by atoms with Crippen molar-refractivity contribution in [3.8, 4) is 0 Å². The van der Waals surface area contributed by atoms with Gasteiger partial charge >= 0.3 is 0 Å². The molecule has 3 atom stereocenters. The van der Waals surface area contributed by atoms with Crippen molar-refractivity contribution in [3.63, 3.8) is 0 Å². The molecule has 0 radical (unpaired) electrons. The highest BCUT2D eigenvalue weighted by Crippen LogP contribution is 2.48. The first-order valence-electron chi connectivity index (χ1n) is 5.00. The minimum Gasteiger partial charge on any atom is -0.118 e. The summed E-state index contributed by atoms with van der Waals surface area (Å²) in [7, 11) is 0. The van der Waals surface area contributed by atoms with Crippen molar-refractivity contribution in [1.82, 2.24) is 0 Å². The lowest BCUT2D eigenvalue weighted by molar-refractivity contribution is 0.311. The standard InChI is InChI=1S/C11H17Cl/c1-7-5-8(2)11(12)10(6-7)9-3-4-9/h7,9-11H,2-6H2,1H3. The van der Waals surface area contributed by atoms with Gasteiger partial charge in [0.2, 0.25) is 0 Å². The second-order valence-electron chi connectivity index (χ2n) is 4.61. The predicted molar refractivity (Wildman–Crippen MR) is 53.4 cm³/mol. The van der Waals surface area contributed by atoms with Crippen LogP contribution in [0.3, 0.4) is 0 Å². The largest absolute Gasteiger partial charge is 0.118 e. The fourth-order valence-electron chi connectivity index (χ4n) is 2.49. The van der Waals surface area contributed by atoms with Crippen LogP contribution in [0.4, 0.5) is 0 Å². The molecule has 0 bridgehead atoms. The highest BCUT2D eigenvalue weighted by atomic mass is 35.5. The van der Waals surface area contributed by atoms with E-state index in [1.165, 1.54) is 24.8 Å². The SMILES string of the molecule is C=C1CC(C)CC(C2CC2)C1Cl. The zero-order valence-corrected chi connectivity index (χ0v) is 8.48. The van der Waals surface area contributed by atoms with E-state index in [2.05, 4.69) is 13.5 Å². The maximum absolute atomic E-state index is 6.33. The molecule has 0 aliphatic heterocycles. The number of halogens is 1. The second-order valence-corrected chi connectivity index (χ2v) is 5.08. The Balaban J connectivity index is 2.04. The Hall–Kier alpha value is 0.0300. The first-order chi connectivity index (χ1) is 5.68. The monoisotopic (exact) mass is 184 g/mol. The van der Waals surface area contributed by atoms with E-state index < -0.39 is 0 Å². The van der Waals surface area contributed by atoms with Crippen molar-refractivity contribution in [1.29, 1.82) is 0 Å². The Morgan fingerprint density at radius 3 is 2.67 bits per heavy atom.